The maximum absolute atomic E-state index is 13.1. The van der Waals surface area contributed by atoms with E-state index in [1.165, 1.54) is 12.1 Å². The summed E-state index contributed by atoms with van der Waals surface area (Å²) in [6.07, 6.45) is 4.94. The minimum Gasteiger partial charge on any atom is -0.330 e. The number of rotatable bonds is 4. The number of likely N-dealkylation sites (N-methyl/N-ethyl adjacent to an activating group) is 1. The summed E-state index contributed by atoms with van der Waals surface area (Å²) in [6, 6.07) is 4.10. The number of fused-ring (bicyclic) bond motifs is 4. The highest BCUT2D eigenvalue weighted by Crippen LogP contribution is 2.32. The van der Waals surface area contributed by atoms with Crippen molar-refractivity contribution >= 4 is 0 Å². The van der Waals surface area contributed by atoms with Crippen molar-refractivity contribution in [2.24, 2.45) is 5.92 Å². The van der Waals surface area contributed by atoms with Crippen LogP contribution in [0.15, 0.2) is 29.3 Å². The summed E-state index contributed by atoms with van der Waals surface area (Å²) >= 11 is 0. The molecular formula is C18H25N5O. The van der Waals surface area contributed by atoms with Gasteiger partial charge in [-0.2, -0.15) is 0 Å². The molecule has 6 heteroatoms. The number of aromatic nitrogens is 3. The Labute approximate surface area is 142 Å². The molecule has 2 bridgehead atoms. The normalized spacial score (nSPS) is 22.6. The van der Waals surface area contributed by atoms with E-state index in [4.69, 9.17) is 0 Å². The van der Waals surface area contributed by atoms with Crippen molar-refractivity contribution in [2.75, 3.05) is 33.7 Å². The van der Waals surface area contributed by atoms with Gasteiger partial charge in [0.25, 0.3) is 5.56 Å². The molecule has 2 aromatic rings. The Morgan fingerprint density at radius 2 is 2.21 bits per heavy atom. The molecule has 0 aliphatic carbocycles. The Morgan fingerprint density at radius 3 is 3.04 bits per heavy atom. The standard InChI is InChI=1S/C18H25N5O/c1-21(2)7-8-22-6-5-20-17(22)15-3-4-16-14-9-13(10-19-11-14)12-23(16)18(15)24/h3-6,13-14,19H,7-12H2,1-2H3/t13-,14+/m0/s1. The van der Waals surface area contributed by atoms with Crippen molar-refractivity contribution < 1.29 is 0 Å². The maximum Gasteiger partial charge on any atom is 0.261 e. The van der Waals surface area contributed by atoms with Crippen molar-refractivity contribution in [3.8, 4) is 11.4 Å². The largest absolute Gasteiger partial charge is 0.330 e. The van der Waals surface area contributed by atoms with Gasteiger partial charge in [-0.1, -0.05) is 0 Å². The minimum atomic E-state index is 0.112. The van der Waals surface area contributed by atoms with E-state index in [9.17, 15) is 4.79 Å². The highest BCUT2D eigenvalue weighted by molar-refractivity contribution is 5.54. The quantitative estimate of drug-likeness (QED) is 0.910. The van der Waals surface area contributed by atoms with Crippen LogP contribution in [0.3, 0.4) is 0 Å². The molecule has 4 rings (SSSR count). The molecule has 1 fully saturated rings. The second kappa shape index (κ2) is 6.18. The van der Waals surface area contributed by atoms with Crippen molar-refractivity contribution in [1.82, 2.24) is 24.3 Å². The van der Waals surface area contributed by atoms with E-state index < -0.39 is 0 Å². The topological polar surface area (TPSA) is 55.1 Å². The number of imidazole rings is 1. The summed E-state index contributed by atoms with van der Waals surface area (Å²) in [5.41, 5.74) is 2.01. The molecule has 2 aliphatic rings. The first kappa shape index (κ1) is 15.6. The molecular weight excluding hydrogens is 302 g/mol. The lowest BCUT2D eigenvalue weighted by Gasteiger charge is -2.37. The van der Waals surface area contributed by atoms with Gasteiger partial charge in [-0.25, -0.2) is 4.98 Å². The van der Waals surface area contributed by atoms with Crippen LogP contribution in [-0.2, 0) is 13.1 Å². The molecule has 0 saturated carbocycles. The zero-order valence-corrected chi connectivity index (χ0v) is 14.4. The predicted molar refractivity (Wildman–Crippen MR) is 94.2 cm³/mol. The van der Waals surface area contributed by atoms with Crippen molar-refractivity contribution in [3.05, 3.63) is 40.6 Å². The highest BCUT2D eigenvalue weighted by atomic mass is 16.1. The lowest BCUT2D eigenvalue weighted by Crippen LogP contribution is -2.45. The maximum atomic E-state index is 13.1. The van der Waals surface area contributed by atoms with E-state index >= 15 is 0 Å². The van der Waals surface area contributed by atoms with Crippen molar-refractivity contribution in [3.63, 3.8) is 0 Å². The molecule has 4 heterocycles. The summed E-state index contributed by atoms with van der Waals surface area (Å²) in [5.74, 6) is 1.82. The number of nitrogens with zero attached hydrogens (tertiary/aromatic N) is 4. The van der Waals surface area contributed by atoms with Crippen LogP contribution in [0.2, 0.25) is 0 Å². The first-order valence-electron chi connectivity index (χ1n) is 8.74. The van der Waals surface area contributed by atoms with E-state index in [1.54, 1.807) is 6.20 Å². The number of hydrogen-bond donors (Lipinski definition) is 1. The van der Waals surface area contributed by atoms with Crippen molar-refractivity contribution in [2.45, 2.75) is 25.4 Å². The van der Waals surface area contributed by atoms with E-state index in [0.717, 1.165) is 44.1 Å². The zero-order chi connectivity index (χ0) is 16.7. The third-order valence-electron chi connectivity index (χ3n) is 5.25. The average molecular weight is 327 g/mol. The average Bonchev–Trinajstić information content (AvgIpc) is 3.02. The number of nitrogens with one attached hydrogen (secondary N) is 1. The van der Waals surface area contributed by atoms with Crippen LogP contribution in [0.5, 0.6) is 0 Å². The molecule has 0 spiro atoms. The Balaban J connectivity index is 1.72. The fourth-order valence-corrected chi connectivity index (χ4v) is 4.00. The molecule has 1 saturated heterocycles. The van der Waals surface area contributed by atoms with Gasteiger partial charge < -0.3 is 19.4 Å². The first-order valence-corrected chi connectivity index (χ1v) is 8.74. The second-order valence-electron chi connectivity index (χ2n) is 7.29. The third-order valence-corrected chi connectivity index (χ3v) is 5.25. The fourth-order valence-electron chi connectivity index (χ4n) is 4.00. The van der Waals surface area contributed by atoms with Gasteiger partial charge in [0.1, 0.15) is 5.82 Å². The number of hydrogen-bond acceptors (Lipinski definition) is 4. The summed E-state index contributed by atoms with van der Waals surface area (Å²) < 4.78 is 4.08. The second-order valence-corrected chi connectivity index (χ2v) is 7.29. The van der Waals surface area contributed by atoms with Crippen LogP contribution >= 0.6 is 0 Å². The Hall–Kier alpha value is -1.92. The van der Waals surface area contributed by atoms with E-state index in [-0.39, 0.29) is 5.56 Å². The summed E-state index contributed by atoms with van der Waals surface area (Å²) in [6.45, 7) is 4.57. The molecule has 0 unspecified atom stereocenters. The van der Waals surface area contributed by atoms with Crippen LogP contribution in [0.4, 0.5) is 0 Å². The van der Waals surface area contributed by atoms with Gasteiger partial charge in [-0.05, 0) is 45.1 Å². The van der Waals surface area contributed by atoms with Crippen molar-refractivity contribution in [1.29, 1.82) is 0 Å². The van der Waals surface area contributed by atoms with Crippen LogP contribution in [-0.4, -0.2) is 52.7 Å². The SMILES string of the molecule is CN(C)CCn1ccnc1-c1ccc2n(c1=O)C[C@@H]1CNC[C@H]2C1. The summed E-state index contributed by atoms with van der Waals surface area (Å²) in [7, 11) is 4.11. The molecule has 2 aromatic heterocycles. The lowest BCUT2D eigenvalue weighted by atomic mass is 9.84. The molecule has 1 N–H and O–H groups in total. The lowest BCUT2D eigenvalue weighted by molar-refractivity contribution is 0.257. The molecule has 0 radical (unpaired) electrons. The zero-order valence-electron chi connectivity index (χ0n) is 14.4. The fraction of sp³-hybridized carbons (Fsp3) is 0.556. The van der Waals surface area contributed by atoms with Gasteiger partial charge in [0.05, 0.1) is 5.56 Å². The molecule has 128 valence electrons. The Morgan fingerprint density at radius 1 is 1.33 bits per heavy atom. The summed E-state index contributed by atoms with van der Waals surface area (Å²) in [4.78, 5) is 19.7. The predicted octanol–water partition coefficient (Wildman–Crippen LogP) is 0.980. The monoisotopic (exact) mass is 327 g/mol. The molecule has 24 heavy (non-hydrogen) atoms. The Kier molecular flexibility index (Phi) is 4.02. The highest BCUT2D eigenvalue weighted by Gasteiger charge is 2.31. The van der Waals surface area contributed by atoms with Gasteiger partial charge >= 0.3 is 0 Å². The van der Waals surface area contributed by atoms with Gasteiger partial charge in [-0.3, -0.25) is 4.79 Å². The number of piperidine rings is 1. The van der Waals surface area contributed by atoms with E-state index in [0.29, 0.717) is 11.8 Å². The third kappa shape index (κ3) is 2.70. The minimum absolute atomic E-state index is 0.112. The van der Waals surface area contributed by atoms with Gasteiger partial charge in [-0.15, -0.1) is 0 Å². The van der Waals surface area contributed by atoms with Crippen LogP contribution in [0.1, 0.15) is 18.0 Å². The van der Waals surface area contributed by atoms with E-state index in [2.05, 4.69) is 39.9 Å². The van der Waals surface area contributed by atoms with E-state index in [1.807, 2.05) is 16.8 Å². The van der Waals surface area contributed by atoms with Gasteiger partial charge in [0.2, 0.25) is 0 Å². The first-order chi connectivity index (χ1) is 11.6. The van der Waals surface area contributed by atoms with Gasteiger partial charge in [0, 0.05) is 50.2 Å². The van der Waals surface area contributed by atoms with Crippen LogP contribution in [0.25, 0.3) is 11.4 Å². The molecule has 2 atom stereocenters. The van der Waals surface area contributed by atoms with Crippen LogP contribution < -0.4 is 10.9 Å². The van der Waals surface area contributed by atoms with Gasteiger partial charge in [0.15, 0.2) is 0 Å². The molecule has 0 amide bonds. The number of pyridine rings is 1. The Bertz CT molecular complexity index is 791. The smallest absolute Gasteiger partial charge is 0.261 e. The molecule has 2 aliphatic heterocycles. The van der Waals surface area contributed by atoms with Crippen LogP contribution in [0, 0.1) is 5.92 Å². The molecule has 6 nitrogen and oxygen atoms in total. The molecule has 0 aromatic carbocycles. The summed E-state index contributed by atoms with van der Waals surface area (Å²) in [5, 5.41) is 3.49.